The summed E-state index contributed by atoms with van der Waals surface area (Å²) < 4.78 is 0. The molecule has 130 valence electrons. The number of carbonyl (C=O) groups is 1. The first kappa shape index (κ1) is 20.3. The highest BCUT2D eigenvalue weighted by Gasteiger charge is 2.21. The highest BCUT2D eigenvalue weighted by atomic mass is 35.5. The molecule has 2 rings (SSSR count). The van der Waals surface area contributed by atoms with E-state index >= 15 is 0 Å². The number of para-hydroxylation sites is 1. The standard InChI is InChI=1S/C19H23ClN2O.ClH/c1-19(2,15-7-5-8-16(20)12-15)13-22-18(23)11-10-14-6-3-4-9-17(14)21;/h3-9,12H,10-11,13,21H2,1-2H3,(H,22,23);1H. The number of amides is 1. The van der Waals surface area contributed by atoms with Crippen molar-refractivity contribution in [3.8, 4) is 0 Å². The SMILES string of the molecule is CC(C)(CNC(=O)CCc1ccccc1N)c1cccc(Cl)c1.Cl. The summed E-state index contributed by atoms with van der Waals surface area (Å²) >= 11 is 6.05. The smallest absolute Gasteiger partial charge is 0.220 e. The molecule has 0 heterocycles. The molecule has 5 heteroatoms. The normalized spacial score (nSPS) is 10.8. The van der Waals surface area contributed by atoms with Crippen molar-refractivity contribution in [3.05, 3.63) is 64.7 Å². The second-order valence-electron chi connectivity index (χ2n) is 6.37. The van der Waals surface area contributed by atoms with Gasteiger partial charge in [-0.05, 0) is 35.7 Å². The number of nitrogens with one attached hydrogen (secondary N) is 1. The van der Waals surface area contributed by atoms with E-state index in [0.717, 1.165) is 16.8 Å². The van der Waals surface area contributed by atoms with Crippen LogP contribution in [0.4, 0.5) is 5.69 Å². The van der Waals surface area contributed by atoms with Gasteiger partial charge in [0.05, 0.1) is 0 Å². The Morgan fingerprint density at radius 1 is 1.17 bits per heavy atom. The molecule has 0 spiro atoms. The molecule has 0 atom stereocenters. The number of halogens is 2. The number of anilines is 1. The Bertz CT molecular complexity index is 687. The zero-order valence-corrected chi connectivity index (χ0v) is 15.6. The lowest BCUT2D eigenvalue weighted by Crippen LogP contribution is -2.36. The fourth-order valence-corrected chi connectivity index (χ4v) is 2.62. The van der Waals surface area contributed by atoms with Crippen LogP contribution in [0, 0.1) is 0 Å². The monoisotopic (exact) mass is 366 g/mol. The molecule has 0 bridgehead atoms. The van der Waals surface area contributed by atoms with Crippen molar-refractivity contribution in [2.24, 2.45) is 0 Å². The quantitative estimate of drug-likeness (QED) is 0.745. The third kappa shape index (κ3) is 5.73. The molecule has 0 aliphatic carbocycles. The van der Waals surface area contributed by atoms with Crippen LogP contribution in [0.1, 0.15) is 31.4 Å². The summed E-state index contributed by atoms with van der Waals surface area (Å²) in [6.07, 6.45) is 1.08. The highest BCUT2D eigenvalue weighted by molar-refractivity contribution is 6.30. The minimum absolute atomic E-state index is 0. The zero-order valence-electron chi connectivity index (χ0n) is 14.0. The average molecular weight is 367 g/mol. The van der Waals surface area contributed by atoms with Crippen molar-refractivity contribution in [3.63, 3.8) is 0 Å². The molecule has 0 aromatic heterocycles. The Morgan fingerprint density at radius 2 is 1.88 bits per heavy atom. The first-order valence-electron chi connectivity index (χ1n) is 7.74. The number of nitrogens with two attached hydrogens (primary N) is 1. The van der Waals surface area contributed by atoms with E-state index in [9.17, 15) is 4.79 Å². The first-order valence-corrected chi connectivity index (χ1v) is 8.12. The molecule has 24 heavy (non-hydrogen) atoms. The number of benzene rings is 2. The van der Waals surface area contributed by atoms with Gasteiger partial charge >= 0.3 is 0 Å². The lowest BCUT2D eigenvalue weighted by Gasteiger charge is -2.26. The Balaban J connectivity index is 0.00000288. The molecule has 3 nitrogen and oxygen atoms in total. The summed E-state index contributed by atoms with van der Waals surface area (Å²) in [5.74, 6) is 0.0309. The maximum absolute atomic E-state index is 12.1. The predicted octanol–water partition coefficient (Wildman–Crippen LogP) is 4.37. The molecule has 0 aliphatic heterocycles. The van der Waals surface area contributed by atoms with Crippen LogP contribution in [0.3, 0.4) is 0 Å². The summed E-state index contributed by atoms with van der Waals surface area (Å²) in [7, 11) is 0. The molecular weight excluding hydrogens is 343 g/mol. The van der Waals surface area contributed by atoms with Crippen molar-refractivity contribution >= 4 is 35.6 Å². The summed E-state index contributed by atoms with van der Waals surface area (Å²) in [5.41, 5.74) is 8.58. The second kappa shape index (κ2) is 8.95. The summed E-state index contributed by atoms with van der Waals surface area (Å²) in [4.78, 5) is 12.1. The van der Waals surface area contributed by atoms with Crippen LogP contribution >= 0.6 is 24.0 Å². The summed E-state index contributed by atoms with van der Waals surface area (Å²) in [5, 5.41) is 3.72. The maximum atomic E-state index is 12.1. The van der Waals surface area contributed by atoms with Gasteiger partial charge in [0.25, 0.3) is 0 Å². The van der Waals surface area contributed by atoms with Gasteiger partial charge in [0.15, 0.2) is 0 Å². The minimum atomic E-state index is -0.174. The number of aryl methyl sites for hydroxylation is 1. The molecule has 0 fully saturated rings. The number of hydrogen-bond donors (Lipinski definition) is 2. The van der Waals surface area contributed by atoms with Gasteiger partial charge in [-0.1, -0.05) is 55.8 Å². The predicted molar refractivity (Wildman–Crippen MR) is 104 cm³/mol. The Hall–Kier alpha value is -1.71. The molecule has 1 amide bonds. The molecular formula is C19H24Cl2N2O. The molecule has 2 aromatic carbocycles. The molecule has 0 radical (unpaired) electrons. The van der Waals surface area contributed by atoms with E-state index in [0.29, 0.717) is 24.4 Å². The van der Waals surface area contributed by atoms with Gasteiger partial charge in [-0.3, -0.25) is 4.79 Å². The lowest BCUT2D eigenvalue weighted by molar-refractivity contribution is -0.121. The molecule has 0 saturated heterocycles. The number of carbonyl (C=O) groups excluding carboxylic acids is 1. The van der Waals surface area contributed by atoms with Gasteiger partial charge < -0.3 is 11.1 Å². The van der Waals surface area contributed by atoms with E-state index in [1.165, 1.54) is 0 Å². The highest BCUT2D eigenvalue weighted by Crippen LogP contribution is 2.24. The fourth-order valence-electron chi connectivity index (χ4n) is 2.43. The van der Waals surface area contributed by atoms with E-state index < -0.39 is 0 Å². The van der Waals surface area contributed by atoms with Crippen LogP contribution in [0.15, 0.2) is 48.5 Å². The van der Waals surface area contributed by atoms with Crippen molar-refractivity contribution in [2.75, 3.05) is 12.3 Å². The summed E-state index contributed by atoms with van der Waals surface area (Å²) in [6, 6.07) is 15.4. The lowest BCUT2D eigenvalue weighted by atomic mass is 9.84. The van der Waals surface area contributed by atoms with Crippen molar-refractivity contribution < 1.29 is 4.79 Å². The number of nitrogen functional groups attached to an aromatic ring is 1. The van der Waals surface area contributed by atoms with E-state index in [4.69, 9.17) is 17.3 Å². The van der Waals surface area contributed by atoms with Gasteiger partial charge in [-0.2, -0.15) is 0 Å². The minimum Gasteiger partial charge on any atom is -0.399 e. The Kier molecular flexibility index (Phi) is 7.59. The van der Waals surface area contributed by atoms with Gasteiger partial charge in [-0.25, -0.2) is 0 Å². The molecule has 0 saturated carbocycles. The van der Waals surface area contributed by atoms with Crippen LogP contribution in [0.25, 0.3) is 0 Å². The maximum Gasteiger partial charge on any atom is 0.220 e. The van der Waals surface area contributed by atoms with Crippen molar-refractivity contribution in [2.45, 2.75) is 32.1 Å². The summed E-state index contributed by atoms with van der Waals surface area (Å²) in [6.45, 7) is 4.75. The Labute approximate surface area is 155 Å². The molecule has 0 unspecified atom stereocenters. The average Bonchev–Trinajstić information content (AvgIpc) is 2.52. The van der Waals surface area contributed by atoms with Gasteiger partial charge in [0.1, 0.15) is 0 Å². The van der Waals surface area contributed by atoms with E-state index in [2.05, 4.69) is 19.2 Å². The van der Waals surface area contributed by atoms with Crippen LogP contribution in [0.5, 0.6) is 0 Å². The largest absolute Gasteiger partial charge is 0.399 e. The molecule has 3 N–H and O–H groups in total. The fraction of sp³-hybridized carbons (Fsp3) is 0.316. The first-order chi connectivity index (χ1) is 10.9. The van der Waals surface area contributed by atoms with E-state index in [-0.39, 0.29) is 23.7 Å². The molecule has 0 aliphatic rings. The number of hydrogen-bond acceptors (Lipinski definition) is 2. The third-order valence-corrected chi connectivity index (χ3v) is 4.25. The van der Waals surface area contributed by atoms with Crippen molar-refractivity contribution in [1.82, 2.24) is 5.32 Å². The van der Waals surface area contributed by atoms with Crippen LogP contribution in [-0.2, 0) is 16.6 Å². The van der Waals surface area contributed by atoms with Gasteiger partial charge in [0.2, 0.25) is 5.91 Å². The zero-order chi connectivity index (χ0) is 16.9. The van der Waals surface area contributed by atoms with E-state index in [1.54, 1.807) is 0 Å². The topological polar surface area (TPSA) is 55.1 Å². The van der Waals surface area contributed by atoms with Crippen LogP contribution in [0.2, 0.25) is 5.02 Å². The molecule has 2 aromatic rings. The van der Waals surface area contributed by atoms with Gasteiger partial charge in [0, 0.05) is 29.1 Å². The van der Waals surface area contributed by atoms with Crippen LogP contribution in [-0.4, -0.2) is 12.5 Å². The third-order valence-electron chi connectivity index (χ3n) is 4.01. The van der Waals surface area contributed by atoms with Crippen LogP contribution < -0.4 is 11.1 Å². The van der Waals surface area contributed by atoms with E-state index in [1.807, 2.05) is 48.5 Å². The Morgan fingerprint density at radius 3 is 2.54 bits per heavy atom. The van der Waals surface area contributed by atoms with Gasteiger partial charge in [-0.15, -0.1) is 12.4 Å². The number of rotatable bonds is 6. The second-order valence-corrected chi connectivity index (χ2v) is 6.81. The van der Waals surface area contributed by atoms with Crippen molar-refractivity contribution in [1.29, 1.82) is 0 Å².